The summed E-state index contributed by atoms with van der Waals surface area (Å²) in [6.07, 6.45) is 1.63. The van der Waals surface area contributed by atoms with Gasteiger partial charge in [-0.15, -0.1) is 0 Å². The van der Waals surface area contributed by atoms with Gasteiger partial charge in [0, 0.05) is 44.8 Å². The van der Waals surface area contributed by atoms with Crippen LogP contribution in [0.25, 0.3) is 21.4 Å². The first-order chi connectivity index (χ1) is 12.8. The Morgan fingerprint density at radius 1 is 1.07 bits per heavy atom. The lowest BCUT2D eigenvalue weighted by Crippen LogP contribution is -2.34. The van der Waals surface area contributed by atoms with E-state index in [1.54, 1.807) is 30.5 Å². The Kier molecular flexibility index (Phi) is 10.2. The van der Waals surface area contributed by atoms with Crippen molar-refractivity contribution < 1.29 is 14.4 Å². The molecular formula is C22H31N4O3+. The van der Waals surface area contributed by atoms with Gasteiger partial charge in [0.15, 0.2) is 0 Å². The number of nitrogens with zero attached hydrogens (tertiary/aromatic N) is 4. The highest BCUT2D eigenvalue weighted by Crippen LogP contribution is 2.27. The molecule has 0 amide bonds. The first-order valence-corrected chi connectivity index (χ1v) is 8.66. The highest BCUT2D eigenvalue weighted by molar-refractivity contribution is 5.83. The van der Waals surface area contributed by atoms with E-state index in [-0.39, 0.29) is 26.4 Å². The first-order valence-electron chi connectivity index (χ1n) is 8.66. The van der Waals surface area contributed by atoms with Gasteiger partial charge in [-0.25, -0.2) is 4.79 Å². The van der Waals surface area contributed by atoms with E-state index in [0.29, 0.717) is 17.2 Å². The van der Waals surface area contributed by atoms with Gasteiger partial charge in [0.2, 0.25) is 11.9 Å². The van der Waals surface area contributed by atoms with E-state index in [0.717, 1.165) is 21.4 Å². The summed E-state index contributed by atoms with van der Waals surface area (Å²) in [6, 6.07) is 12.2. The Morgan fingerprint density at radius 3 is 2.28 bits per heavy atom. The number of rotatable bonds is 3. The zero-order valence-electron chi connectivity index (χ0n) is 15.8. The van der Waals surface area contributed by atoms with Gasteiger partial charge in [-0.2, -0.15) is 0 Å². The van der Waals surface area contributed by atoms with Gasteiger partial charge in [-0.05, 0) is 29.1 Å². The van der Waals surface area contributed by atoms with Crippen molar-refractivity contribution >= 4 is 16.7 Å². The normalized spacial score (nSPS) is 9.72. The first kappa shape index (κ1) is 25.7. The Bertz CT molecular complexity index is 1040. The molecule has 156 valence electrons. The number of benzene rings is 1. The molecule has 0 fully saturated rings. The SMILES string of the molecule is C.C.CC(C)c1cc(=O)oc2cc(N=[N+]=[N-])ccc12.CC(C)c1cccc[n+]1O. The molecule has 0 atom stereocenters. The fourth-order valence-corrected chi connectivity index (χ4v) is 2.67. The second kappa shape index (κ2) is 11.5. The Morgan fingerprint density at radius 2 is 1.76 bits per heavy atom. The molecular weight excluding hydrogens is 368 g/mol. The molecule has 0 aliphatic rings. The molecule has 0 spiro atoms. The van der Waals surface area contributed by atoms with Crippen LogP contribution in [0.15, 0.2) is 63.0 Å². The van der Waals surface area contributed by atoms with Crippen LogP contribution < -0.4 is 10.4 Å². The van der Waals surface area contributed by atoms with Crippen molar-refractivity contribution in [3.05, 3.63) is 80.8 Å². The third kappa shape index (κ3) is 6.66. The van der Waals surface area contributed by atoms with Gasteiger partial charge in [-0.1, -0.05) is 59.8 Å². The zero-order valence-corrected chi connectivity index (χ0v) is 15.8. The lowest BCUT2D eigenvalue weighted by atomic mass is 10.00. The average molecular weight is 400 g/mol. The number of azide groups is 1. The minimum absolute atomic E-state index is 0. The Balaban J connectivity index is 0.000000567. The third-order valence-electron chi connectivity index (χ3n) is 4.00. The topological polar surface area (TPSA) is 103 Å². The number of aromatic nitrogens is 1. The highest BCUT2D eigenvalue weighted by Gasteiger charge is 2.11. The quantitative estimate of drug-likeness (QED) is 0.136. The molecule has 29 heavy (non-hydrogen) atoms. The monoisotopic (exact) mass is 399 g/mol. The van der Waals surface area contributed by atoms with Crippen molar-refractivity contribution in [2.45, 2.75) is 54.4 Å². The molecule has 7 nitrogen and oxygen atoms in total. The van der Waals surface area contributed by atoms with E-state index in [1.165, 1.54) is 6.07 Å². The number of hydrogen-bond acceptors (Lipinski definition) is 4. The Hall–Kier alpha value is -3.31. The molecule has 0 radical (unpaired) electrons. The predicted molar refractivity (Wildman–Crippen MR) is 117 cm³/mol. The standard InChI is InChI=1S/C12H11N3O2.C8H12NO.2CH4/c1-7(2)10-6-12(16)17-11-5-8(14-15-13)3-4-9(10)11;1-7(2)8-5-3-4-6-9(8)10;;/h3-7H,1-2H3;3-7,10H,1-2H3;2*1H4/q;+1;;. The van der Waals surface area contributed by atoms with Crippen molar-refractivity contribution in [1.82, 2.24) is 0 Å². The van der Waals surface area contributed by atoms with Crippen molar-refractivity contribution in [2.75, 3.05) is 0 Å². The van der Waals surface area contributed by atoms with Gasteiger partial charge in [-0.3, -0.25) is 5.21 Å². The van der Waals surface area contributed by atoms with E-state index in [1.807, 2.05) is 39.8 Å². The molecule has 0 aliphatic heterocycles. The summed E-state index contributed by atoms with van der Waals surface area (Å²) in [6.45, 7) is 8.11. The fraction of sp³-hybridized carbons (Fsp3) is 0.364. The van der Waals surface area contributed by atoms with Gasteiger partial charge >= 0.3 is 5.63 Å². The predicted octanol–water partition coefficient (Wildman–Crippen LogP) is 6.47. The summed E-state index contributed by atoms with van der Waals surface area (Å²) in [4.78, 5) is 14.1. The number of hydrogen-bond donors (Lipinski definition) is 1. The van der Waals surface area contributed by atoms with E-state index < -0.39 is 0 Å². The summed E-state index contributed by atoms with van der Waals surface area (Å²) in [5, 5.41) is 13.5. The lowest BCUT2D eigenvalue weighted by Gasteiger charge is -2.08. The summed E-state index contributed by atoms with van der Waals surface area (Å²) in [5.41, 5.74) is 10.7. The molecule has 1 aromatic carbocycles. The molecule has 1 N–H and O–H groups in total. The summed E-state index contributed by atoms with van der Waals surface area (Å²) in [5.74, 6) is 0.595. The van der Waals surface area contributed by atoms with E-state index >= 15 is 0 Å². The fourth-order valence-electron chi connectivity index (χ4n) is 2.67. The maximum Gasteiger partial charge on any atom is 0.336 e. The molecule has 0 saturated carbocycles. The van der Waals surface area contributed by atoms with Crippen LogP contribution in [-0.2, 0) is 0 Å². The maximum atomic E-state index is 11.4. The smallest absolute Gasteiger partial charge is 0.336 e. The van der Waals surface area contributed by atoms with Crippen molar-refractivity contribution in [3.63, 3.8) is 0 Å². The van der Waals surface area contributed by atoms with E-state index in [4.69, 9.17) is 9.95 Å². The van der Waals surface area contributed by atoms with Crippen molar-refractivity contribution in [3.8, 4) is 0 Å². The molecule has 3 aromatic rings. The minimum atomic E-state index is -0.390. The number of pyridine rings is 1. The molecule has 0 saturated heterocycles. The van der Waals surface area contributed by atoms with Crippen molar-refractivity contribution in [2.24, 2.45) is 5.11 Å². The molecule has 0 bridgehead atoms. The maximum absolute atomic E-state index is 11.4. The highest BCUT2D eigenvalue weighted by atomic mass is 16.5. The van der Waals surface area contributed by atoms with E-state index in [2.05, 4.69) is 10.0 Å². The average Bonchev–Trinajstić information content (AvgIpc) is 2.61. The van der Waals surface area contributed by atoms with Crippen LogP contribution in [0.2, 0.25) is 0 Å². The van der Waals surface area contributed by atoms with Gasteiger partial charge < -0.3 is 4.42 Å². The van der Waals surface area contributed by atoms with Gasteiger partial charge in [0.05, 0.1) is 0 Å². The summed E-state index contributed by atoms with van der Waals surface area (Å²) >= 11 is 0. The van der Waals surface area contributed by atoms with Crippen LogP contribution in [0.4, 0.5) is 5.69 Å². The van der Waals surface area contributed by atoms with E-state index in [9.17, 15) is 10.0 Å². The van der Waals surface area contributed by atoms with Gasteiger partial charge in [0.1, 0.15) is 5.58 Å². The molecule has 2 aromatic heterocycles. The van der Waals surface area contributed by atoms with Gasteiger partial charge in [0.25, 0.3) is 0 Å². The molecule has 7 heteroatoms. The zero-order chi connectivity index (χ0) is 20.0. The third-order valence-corrected chi connectivity index (χ3v) is 4.00. The molecule has 0 unspecified atom stereocenters. The minimum Gasteiger partial charge on any atom is -0.423 e. The van der Waals surface area contributed by atoms with Crippen LogP contribution in [0, 0.1) is 0 Å². The van der Waals surface area contributed by atoms with Crippen molar-refractivity contribution in [1.29, 1.82) is 0 Å². The van der Waals surface area contributed by atoms with Crippen LogP contribution >= 0.6 is 0 Å². The molecule has 2 heterocycles. The second-order valence-electron chi connectivity index (χ2n) is 6.67. The van der Waals surface area contributed by atoms with Crippen LogP contribution in [0.5, 0.6) is 0 Å². The lowest BCUT2D eigenvalue weighted by molar-refractivity contribution is -0.910. The van der Waals surface area contributed by atoms with Crippen LogP contribution in [0.1, 0.15) is 65.6 Å². The second-order valence-corrected chi connectivity index (χ2v) is 6.67. The summed E-state index contributed by atoms with van der Waals surface area (Å²) < 4.78 is 6.26. The Labute approximate surface area is 171 Å². The number of fused-ring (bicyclic) bond motifs is 1. The largest absolute Gasteiger partial charge is 0.423 e. The van der Waals surface area contributed by atoms with Crippen LogP contribution in [0.3, 0.4) is 0 Å². The molecule has 3 rings (SSSR count). The van der Waals surface area contributed by atoms with Crippen LogP contribution in [-0.4, -0.2) is 5.21 Å². The summed E-state index contributed by atoms with van der Waals surface area (Å²) in [7, 11) is 0. The molecule has 0 aliphatic carbocycles.